The van der Waals surface area contributed by atoms with Gasteiger partial charge in [0.2, 0.25) is 0 Å². The maximum atomic E-state index is 13.1. The van der Waals surface area contributed by atoms with Gasteiger partial charge in [0.05, 0.1) is 0 Å². The molecule has 0 rings (SSSR count). The third-order valence-corrected chi connectivity index (χ3v) is 3.54. The van der Waals surface area contributed by atoms with E-state index in [2.05, 4.69) is 6.92 Å². The summed E-state index contributed by atoms with van der Waals surface area (Å²) < 4.78 is 39.4. The van der Waals surface area contributed by atoms with Crippen molar-refractivity contribution in [3.05, 3.63) is 0 Å². The fourth-order valence-electron chi connectivity index (χ4n) is 2.48. The van der Waals surface area contributed by atoms with E-state index in [0.717, 1.165) is 32.1 Å². The SMILES string of the molecule is CCCCCCCCC(C=O)(CC(C)C)C(F)(F)F. The highest BCUT2D eigenvalue weighted by Crippen LogP contribution is 2.45. The number of unbranched alkanes of at least 4 members (excludes halogenated alkanes) is 5. The molecule has 0 saturated carbocycles. The first-order valence-electron chi connectivity index (χ1n) is 7.32. The van der Waals surface area contributed by atoms with Gasteiger partial charge in [-0.3, -0.25) is 0 Å². The Kier molecular flexibility index (Phi) is 8.35. The van der Waals surface area contributed by atoms with Crippen molar-refractivity contribution in [3.63, 3.8) is 0 Å². The molecular formula is C15H27F3O. The molecule has 0 aromatic rings. The molecule has 4 heteroatoms. The van der Waals surface area contributed by atoms with Crippen LogP contribution in [-0.2, 0) is 4.79 Å². The molecule has 0 aromatic heterocycles. The van der Waals surface area contributed by atoms with E-state index in [1.54, 1.807) is 13.8 Å². The molecule has 0 bridgehead atoms. The van der Waals surface area contributed by atoms with Crippen LogP contribution in [0.3, 0.4) is 0 Å². The Bertz CT molecular complexity index is 248. The molecule has 114 valence electrons. The van der Waals surface area contributed by atoms with E-state index < -0.39 is 11.6 Å². The zero-order chi connectivity index (χ0) is 14.9. The standard InChI is InChI=1S/C15H27F3O/c1-4-5-6-7-8-9-10-14(12-19,11-13(2)3)15(16,17)18/h12-13H,4-11H2,1-3H3. The van der Waals surface area contributed by atoms with E-state index in [-0.39, 0.29) is 25.0 Å². The average Bonchev–Trinajstić information content (AvgIpc) is 2.30. The van der Waals surface area contributed by atoms with E-state index in [9.17, 15) is 18.0 Å². The first kappa shape index (κ1) is 18.5. The summed E-state index contributed by atoms with van der Waals surface area (Å²) in [6.45, 7) is 5.56. The van der Waals surface area contributed by atoms with Gasteiger partial charge in [0, 0.05) is 0 Å². The Morgan fingerprint density at radius 2 is 1.53 bits per heavy atom. The van der Waals surface area contributed by atoms with Crippen LogP contribution in [-0.4, -0.2) is 12.5 Å². The van der Waals surface area contributed by atoms with Crippen molar-refractivity contribution < 1.29 is 18.0 Å². The average molecular weight is 280 g/mol. The lowest BCUT2D eigenvalue weighted by atomic mass is 9.76. The van der Waals surface area contributed by atoms with Gasteiger partial charge in [-0.25, -0.2) is 0 Å². The third kappa shape index (κ3) is 6.44. The highest BCUT2D eigenvalue weighted by atomic mass is 19.4. The van der Waals surface area contributed by atoms with Crippen molar-refractivity contribution in [3.8, 4) is 0 Å². The van der Waals surface area contributed by atoms with Crippen LogP contribution in [0.5, 0.6) is 0 Å². The maximum absolute atomic E-state index is 13.1. The maximum Gasteiger partial charge on any atom is 0.401 e. The van der Waals surface area contributed by atoms with Gasteiger partial charge in [0.1, 0.15) is 11.7 Å². The molecule has 19 heavy (non-hydrogen) atoms. The topological polar surface area (TPSA) is 17.1 Å². The number of alkyl halides is 3. The molecule has 0 spiro atoms. The second kappa shape index (κ2) is 8.60. The lowest BCUT2D eigenvalue weighted by Crippen LogP contribution is -2.40. The zero-order valence-electron chi connectivity index (χ0n) is 12.4. The highest BCUT2D eigenvalue weighted by molar-refractivity contribution is 5.60. The molecule has 1 nitrogen and oxygen atoms in total. The van der Waals surface area contributed by atoms with Crippen LogP contribution in [0.2, 0.25) is 0 Å². The molecule has 0 aliphatic rings. The van der Waals surface area contributed by atoms with Crippen molar-refractivity contribution in [1.82, 2.24) is 0 Å². The van der Waals surface area contributed by atoms with Gasteiger partial charge >= 0.3 is 6.18 Å². The number of aldehydes is 1. The molecule has 1 atom stereocenters. The van der Waals surface area contributed by atoms with Crippen LogP contribution in [0.15, 0.2) is 0 Å². The summed E-state index contributed by atoms with van der Waals surface area (Å²) in [6.07, 6.45) is 1.08. The first-order valence-corrected chi connectivity index (χ1v) is 7.32. The Morgan fingerprint density at radius 3 is 1.95 bits per heavy atom. The summed E-state index contributed by atoms with van der Waals surface area (Å²) in [5, 5.41) is 0. The van der Waals surface area contributed by atoms with Gasteiger partial charge < -0.3 is 4.79 Å². The van der Waals surface area contributed by atoms with Crippen molar-refractivity contribution in [2.24, 2.45) is 11.3 Å². The molecule has 0 fully saturated rings. The molecule has 0 saturated heterocycles. The summed E-state index contributed by atoms with van der Waals surface area (Å²) in [5.41, 5.74) is -2.13. The molecule has 0 heterocycles. The van der Waals surface area contributed by atoms with E-state index >= 15 is 0 Å². The van der Waals surface area contributed by atoms with Crippen molar-refractivity contribution >= 4 is 6.29 Å². The van der Waals surface area contributed by atoms with Gasteiger partial charge in [0.15, 0.2) is 0 Å². The highest BCUT2D eigenvalue weighted by Gasteiger charge is 2.54. The largest absolute Gasteiger partial charge is 0.401 e. The van der Waals surface area contributed by atoms with Gasteiger partial charge in [-0.1, -0.05) is 59.3 Å². The molecule has 0 aromatic carbocycles. The Morgan fingerprint density at radius 1 is 1.00 bits per heavy atom. The second-order valence-electron chi connectivity index (χ2n) is 5.89. The predicted octanol–water partition coefficient (Wildman–Crippen LogP) is 5.53. The Balaban J connectivity index is 4.39. The summed E-state index contributed by atoms with van der Waals surface area (Å²) in [6, 6.07) is 0. The normalized spacial score (nSPS) is 15.5. The number of carbonyl (C=O) groups is 1. The molecule has 0 radical (unpaired) electrons. The minimum absolute atomic E-state index is 0.0652. The second-order valence-corrected chi connectivity index (χ2v) is 5.89. The van der Waals surface area contributed by atoms with Crippen LogP contribution in [0, 0.1) is 11.3 Å². The number of hydrogen-bond acceptors (Lipinski definition) is 1. The van der Waals surface area contributed by atoms with Crippen molar-refractivity contribution in [2.75, 3.05) is 0 Å². The van der Waals surface area contributed by atoms with Crippen molar-refractivity contribution in [1.29, 1.82) is 0 Å². The zero-order valence-corrected chi connectivity index (χ0v) is 12.4. The molecule has 0 aliphatic heterocycles. The van der Waals surface area contributed by atoms with E-state index in [4.69, 9.17) is 0 Å². The van der Waals surface area contributed by atoms with Crippen LogP contribution in [0.4, 0.5) is 13.2 Å². The summed E-state index contributed by atoms with van der Waals surface area (Å²) in [7, 11) is 0. The van der Waals surface area contributed by atoms with Gasteiger partial charge in [-0.15, -0.1) is 0 Å². The van der Waals surface area contributed by atoms with Gasteiger partial charge in [0.25, 0.3) is 0 Å². The molecular weight excluding hydrogens is 253 g/mol. The molecule has 1 unspecified atom stereocenters. The van der Waals surface area contributed by atoms with Crippen LogP contribution in [0.25, 0.3) is 0 Å². The number of halogens is 3. The first-order chi connectivity index (χ1) is 8.79. The Hall–Kier alpha value is -0.540. The molecule has 0 amide bonds. The summed E-state index contributed by atoms with van der Waals surface area (Å²) in [5.74, 6) is -0.132. The lowest BCUT2D eigenvalue weighted by Gasteiger charge is -2.32. The number of hydrogen-bond donors (Lipinski definition) is 0. The van der Waals surface area contributed by atoms with Gasteiger partial charge in [-0.2, -0.15) is 13.2 Å². The minimum Gasteiger partial charge on any atom is -0.302 e. The predicted molar refractivity (Wildman–Crippen MR) is 72.0 cm³/mol. The monoisotopic (exact) mass is 280 g/mol. The van der Waals surface area contributed by atoms with Crippen LogP contribution < -0.4 is 0 Å². The number of carbonyl (C=O) groups excluding carboxylic acids is 1. The van der Waals surface area contributed by atoms with Crippen LogP contribution >= 0.6 is 0 Å². The van der Waals surface area contributed by atoms with E-state index in [0.29, 0.717) is 6.42 Å². The minimum atomic E-state index is -4.43. The van der Waals surface area contributed by atoms with Crippen LogP contribution in [0.1, 0.15) is 72.1 Å². The molecule has 0 N–H and O–H groups in total. The van der Waals surface area contributed by atoms with E-state index in [1.165, 1.54) is 0 Å². The fraction of sp³-hybridized carbons (Fsp3) is 0.933. The summed E-state index contributed by atoms with van der Waals surface area (Å²) >= 11 is 0. The van der Waals surface area contributed by atoms with Crippen molar-refractivity contribution in [2.45, 2.75) is 78.3 Å². The number of rotatable bonds is 10. The van der Waals surface area contributed by atoms with Gasteiger partial charge in [-0.05, 0) is 18.8 Å². The quantitative estimate of drug-likeness (QED) is 0.380. The molecule has 0 aliphatic carbocycles. The Labute approximate surface area is 115 Å². The fourth-order valence-corrected chi connectivity index (χ4v) is 2.48. The van der Waals surface area contributed by atoms with E-state index in [1.807, 2.05) is 0 Å². The lowest BCUT2D eigenvalue weighted by molar-refractivity contribution is -0.221. The third-order valence-electron chi connectivity index (χ3n) is 3.54. The smallest absolute Gasteiger partial charge is 0.302 e. The summed E-state index contributed by atoms with van der Waals surface area (Å²) in [4.78, 5) is 11.1.